The van der Waals surface area contributed by atoms with E-state index < -0.39 is 30.3 Å². The van der Waals surface area contributed by atoms with E-state index in [2.05, 4.69) is 4.65 Å². The molecule has 0 bridgehead atoms. The van der Waals surface area contributed by atoms with Crippen molar-refractivity contribution in [2.24, 2.45) is 0 Å². The van der Waals surface area contributed by atoms with Gasteiger partial charge in [0.25, 0.3) is 0 Å². The molecule has 0 radical (unpaired) electrons. The van der Waals surface area contributed by atoms with Gasteiger partial charge in [-0.2, -0.15) is 0 Å². The summed E-state index contributed by atoms with van der Waals surface area (Å²) in [5, 5.41) is 47.8. The molecule has 0 atom stereocenters. The molecule has 0 aliphatic rings. The van der Waals surface area contributed by atoms with E-state index in [0.29, 0.717) is 0 Å². The Labute approximate surface area is 178 Å². The zero-order valence-electron chi connectivity index (χ0n) is 9.22. The smallest absolute Gasteiger partial charge is 0.860 e. The molecule has 6 nitrogen and oxygen atoms in total. The first kappa shape index (κ1) is 20.0. The van der Waals surface area contributed by atoms with Crippen molar-refractivity contribution in [1.82, 2.24) is 0 Å². The van der Waals surface area contributed by atoms with Crippen molar-refractivity contribution in [2.45, 2.75) is 6.92 Å². The van der Waals surface area contributed by atoms with Crippen molar-refractivity contribution in [3.05, 3.63) is 11.6 Å². The monoisotopic (exact) mass is 276 g/mol. The summed E-state index contributed by atoms with van der Waals surface area (Å²) in [4.78, 5) is 0. The molecule has 0 saturated carbocycles. The molecule has 1 rings (SSSR count). The van der Waals surface area contributed by atoms with Crippen molar-refractivity contribution >= 4 is 7.32 Å². The van der Waals surface area contributed by atoms with Gasteiger partial charge in [0.05, 0.1) is 0 Å². The normalized spacial score (nSPS) is 8.69. The molecule has 3 N–H and O–H groups in total. The Kier molecular flexibility index (Phi) is 10.9. The first-order chi connectivity index (χ1) is 6.43. The second-order valence-electron chi connectivity index (χ2n) is 2.65. The van der Waals surface area contributed by atoms with Gasteiger partial charge in [0.15, 0.2) is 17.2 Å². The number of phenolic OH excluding ortho intramolecular Hbond substituents is 3. The molecular formula is C7H7BK2O6. The third-order valence-electron chi connectivity index (χ3n) is 1.61. The van der Waals surface area contributed by atoms with Crippen LogP contribution in [0, 0.1) is 6.92 Å². The SMILES string of the molecule is Cc1cc(O)c(OB([O-])[O-])c(O)c1O.[K+].[K+]. The Morgan fingerprint density at radius 2 is 1.62 bits per heavy atom. The van der Waals surface area contributed by atoms with Gasteiger partial charge >= 0.3 is 103 Å². The summed E-state index contributed by atoms with van der Waals surface area (Å²) in [5.41, 5.74) is 0.195. The quantitative estimate of drug-likeness (QED) is 0.281. The van der Waals surface area contributed by atoms with E-state index in [0.717, 1.165) is 6.07 Å². The molecule has 0 amide bonds. The maximum atomic E-state index is 10.1. The standard InChI is InChI=1S/C7H7BO6.2K/c1-3-2-4(9)7(14-8(12)13)6(11)5(3)10;;/h2,9-11H,1H3;;/q-2;2*+1. The third-order valence-corrected chi connectivity index (χ3v) is 1.61. The number of hydrogen-bond acceptors (Lipinski definition) is 6. The van der Waals surface area contributed by atoms with E-state index in [1.807, 2.05) is 0 Å². The Balaban J connectivity index is 0. The number of phenols is 3. The van der Waals surface area contributed by atoms with Crippen molar-refractivity contribution in [3.63, 3.8) is 0 Å². The van der Waals surface area contributed by atoms with Gasteiger partial charge in [-0.05, 0) is 18.6 Å². The minimum absolute atomic E-state index is 0. The van der Waals surface area contributed by atoms with E-state index in [1.54, 1.807) is 0 Å². The van der Waals surface area contributed by atoms with Crippen LogP contribution in [0.5, 0.6) is 23.0 Å². The molecule has 1 aromatic carbocycles. The number of aryl methyl sites for hydroxylation is 1. The molecule has 0 spiro atoms. The minimum Gasteiger partial charge on any atom is -0.860 e. The Morgan fingerprint density at radius 3 is 2.06 bits per heavy atom. The van der Waals surface area contributed by atoms with Crippen LogP contribution in [-0.2, 0) is 0 Å². The van der Waals surface area contributed by atoms with Gasteiger partial charge in [-0.1, -0.05) is 0 Å². The Morgan fingerprint density at radius 1 is 1.12 bits per heavy atom. The first-order valence-corrected chi connectivity index (χ1v) is 3.66. The summed E-state index contributed by atoms with van der Waals surface area (Å²) >= 11 is 0. The van der Waals surface area contributed by atoms with Gasteiger partial charge in [0.1, 0.15) is 7.32 Å². The minimum atomic E-state index is -2.69. The van der Waals surface area contributed by atoms with E-state index in [9.17, 15) is 25.4 Å². The van der Waals surface area contributed by atoms with Crippen LogP contribution in [-0.4, -0.2) is 22.6 Å². The summed E-state index contributed by atoms with van der Waals surface area (Å²) < 4.78 is 4.04. The fourth-order valence-electron chi connectivity index (χ4n) is 0.967. The second kappa shape index (κ2) is 8.72. The van der Waals surface area contributed by atoms with Gasteiger partial charge in [0.2, 0.25) is 5.75 Å². The molecule has 0 saturated heterocycles. The van der Waals surface area contributed by atoms with E-state index in [4.69, 9.17) is 0 Å². The molecule has 0 unspecified atom stereocenters. The van der Waals surface area contributed by atoms with Gasteiger partial charge in [0, 0.05) is 0 Å². The summed E-state index contributed by atoms with van der Waals surface area (Å²) in [5.74, 6) is -2.64. The molecule has 16 heavy (non-hydrogen) atoms. The van der Waals surface area contributed by atoms with Crippen LogP contribution < -0.4 is 117 Å². The zero-order valence-corrected chi connectivity index (χ0v) is 15.5. The van der Waals surface area contributed by atoms with Gasteiger partial charge < -0.3 is 30.0 Å². The van der Waals surface area contributed by atoms with Crippen molar-refractivity contribution in [3.8, 4) is 23.0 Å². The number of rotatable bonds is 2. The molecule has 0 aliphatic heterocycles. The summed E-state index contributed by atoms with van der Waals surface area (Å²) in [6, 6.07) is 1.06. The van der Waals surface area contributed by atoms with Crippen LogP contribution >= 0.6 is 0 Å². The summed E-state index contributed by atoms with van der Waals surface area (Å²) in [6.45, 7) is 1.42. The average molecular weight is 276 g/mol. The largest absolute Gasteiger partial charge is 1.00 e. The maximum absolute atomic E-state index is 10.1. The van der Waals surface area contributed by atoms with Crippen LogP contribution in [0.2, 0.25) is 0 Å². The third kappa shape index (κ3) is 5.12. The molecule has 76 valence electrons. The predicted molar refractivity (Wildman–Crippen MR) is 42.6 cm³/mol. The first-order valence-electron chi connectivity index (χ1n) is 3.66. The van der Waals surface area contributed by atoms with Crippen LogP contribution in [0.1, 0.15) is 5.56 Å². The fourth-order valence-corrected chi connectivity index (χ4v) is 0.967. The summed E-state index contributed by atoms with van der Waals surface area (Å²) in [7, 11) is -2.69. The van der Waals surface area contributed by atoms with Crippen molar-refractivity contribution < 1.29 is 133 Å². The maximum Gasteiger partial charge on any atom is 1.00 e. The molecule has 1 aromatic rings. The Hall–Kier alpha value is 1.68. The predicted octanol–water partition coefficient (Wildman–Crippen LogP) is -7.80. The number of benzene rings is 1. The summed E-state index contributed by atoms with van der Waals surface area (Å²) in [6.07, 6.45) is 0. The average Bonchev–Trinajstić information content (AvgIpc) is 2.09. The Bertz CT molecular complexity index is 359. The van der Waals surface area contributed by atoms with E-state index in [-0.39, 0.29) is 108 Å². The topological polar surface area (TPSA) is 116 Å². The molecule has 0 aromatic heterocycles. The van der Waals surface area contributed by atoms with Crippen LogP contribution in [0.15, 0.2) is 6.07 Å². The van der Waals surface area contributed by atoms with E-state index >= 15 is 0 Å². The molecule has 0 fully saturated rings. The van der Waals surface area contributed by atoms with Gasteiger partial charge in [-0.25, -0.2) is 0 Å². The molecular weight excluding hydrogens is 269 g/mol. The number of aromatic hydroxyl groups is 3. The molecule has 0 heterocycles. The fraction of sp³-hybridized carbons (Fsp3) is 0.143. The number of hydrogen-bond donors (Lipinski definition) is 3. The molecule has 9 heteroatoms. The van der Waals surface area contributed by atoms with Crippen LogP contribution in [0.25, 0.3) is 0 Å². The second-order valence-corrected chi connectivity index (χ2v) is 2.65. The van der Waals surface area contributed by atoms with Gasteiger partial charge in [-0.3, -0.25) is 0 Å². The zero-order chi connectivity index (χ0) is 10.9. The van der Waals surface area contributed by atoms with Crippen LogP contribution in [0.4, 0.5) is 0 Å². The van der Waals surface area contributed by atoms with Gasteiger partial charge in [-0.15, -0.1) is 0 Å². The van der Waals surface area contributed by atoms with Crippen molar-refractivity contribution in [1.29, 1.82) is 0 Å². The van der Waals surface area contributed by atoms with E-state index in [1.165, 1.54) is 6.92 Å². The molecule has 0 aliphatic carbocycles. The van der Waals surface area contributed by atoms with Crippen LogP contribution in [0.3, 0.4) is 0 Å². The van der Waals surface area contributed by atoms with Crippen molar-refractivity contribution in [2.75, 3.05) is 0 Å².